The van der Waals surface area contributed by atoms with Crippen molar-refractivity contribution < 1.29 is 0 Å². The average Bonchev–Trinajstić information content (AvgIpc) is 3.22. The SMILES string of the molecule is Cc1cccc2c1N1C(C)c3c(n4ccnc4n3C)C1(C)C(C)(C)C2(C)C. The normalized spacial score (nSPS) is 27.6. The van der Waals surface area contributed by atoms with E-state index in [9.17, 15) is 0 Å². The van der Waals surface area contributed by atoms with Crippen LogP contribution in [0.2, 0.25) is 0 Å². The maximum absolute atomic E-state index is 4.64. The molecular weight excluding hydrogens is 332 g/mol. The molecule has 2 atom stereocenters. The summed E-state index contributed by atoms with van der Waals surface area (Å²) in [4.78, 5) is 7.34. The van der Waals surface area contributed by atoms with E-state index in [4.69, 9.17) is 0 Å². The number of fused-ring (bicyclic) bond motifs is 7. The van der Waals surface area contributed by atoms with Crippen molar-refractivity contribution in [1.29, 1.82) is 0 Å². The fourth-order valence-electron chi connectivity index (χ4n) is 6.14. The molecule has 0 aliphatic carbocycles. The number of rotatable bonds is 0. The summed E-state index contributed by atoms with van der Waals surface area (Å²) in [7, 11) is 2.16. The van der Waals surface area contributed by atoms with Gasteiger partial charge in [0.25, 0.3) is 0 Å². The lowest BCUT2D eigenvalue weighted by atomic mass is 9.52. The van der Waals surface area contributed by atoms with Gasteiger partial charge < -0.3 is 9.47 Å². The molecule has 5 rings (SSSR count). The van der Waals surface area contributed by atoms with Gasteiger partial charge in [-0.2, -0.15) is 0 Å². The van der Waals surface area contributed by atoms with Crippen molar-refractivity contribution in [3.8, 4) is 0 Å². The van der Waals surface area contributed by atoms with Crippen LogP contribution in [0, 0.1) is 12.3 Å². The monoisotopic (exact) mass is 362 g/mol. The van der Waals surface area contributed by atoms with Gasteiger partial charge in [-0.15, -0.1) is 0 Å². The number of anilines is 1. The van der Waals surface area contributed by atoms with E-state index in [2.05, 4.69) is 98.8 Å². The van der Waals surface area contributed by atoms with Gasteiger partial charge in [0.15, 0.2) is 0 Å². The van der Waals surface area contributed by atoms with Crippen molar-refractivity contribution in [2.24, 2.45) is 12.5 Å². The second-order valence-corrected chi connectivity index (χ2v) is 9.73. The summed E-state index contributed by atoms with van der Waals surface area (Å²) in [6.45, 7) is 16.8. The molecule has 0 saturated heterocycles. The molecule has 4 nitrogen and oxygen atoms in total. The van der Waals surface area contributed by atoms with Gasteiger partial charge in [-0.3, -0.25) is 4.40 Å². The Balaban J connectivity index is 1.97. The van der Waals surface area contributed by atoms with E-state index in [1.54, 1.807) is 0 Å². The summed E-state index contributed by atoms with van der Waals surface area (Å²) in [5.41, 5.74) is 6.95. The molecule has 2 aliphatic heterocycles. The number of aromatic nitrogens is 3. The predicted molar refractivity (Wildman–Crippen MR) is 110 cm³/mol. The zero-order valence-electron chi connectivity index (χ0n) is 17.8. The zero-order chi connectivity index (χ0) is 19.5. The number of para-hydroxylation sites is 1. The van der Waals surface area contributed by atoms with Crippen molar-refractivity contribution >= 4 is 11.5 Å². The minimum Gasteiger partial charge on any atom is -0.351 e. The van der Waals surface area contributed by atoms with E-state index in [1.165, 1.54) is 28.2 Å². The zero-order valence-corrected chi connectivity index (χ0v) is 17.8. The molecule has 0 N–H and O–H groups in total. The third-order valence-corrected chi connectivity index (χ3v) is 8.42. The van der Waals surface area contributed by atoms with Gasteiger partial charge in [-0.05, 0) is 37.3 Å². The molecule has 0 saturated carbocycles. The average molecular weight is 363 g/mol. The summed E-state index contributed by atoms with van der Waals surface area (Å²) in [5, 5.41) is 0. The molecule has 0 amide bonds. The van der Waals surface area contributed by atoms with Crippen molar-refractivity contribution in [3.05, 3.63) is 53.1 Å². The van der Waals surface area contributed by atoms with Crippen molar-refractivity contribution in [1.82, 2.24) is 14.0 Å². The van der Waals surface area contributed by atoms with Crippen LogP contribution in [0.25, 0.3) is 5.78 Å². The van der Waals surface area contributed by atoms with Crippen molar-refractivity contribution in [2.45, 2.75) is 65.5 Å². The minimum absolute atomic E-state index is 0.0128. The smallest absolute Gasteiger partial charge is 0.214 e. The van der Waals surface area contributed by atoms with Crippen molar-refractivity contribution in [2.75, 3.05) is 4.90 Å². The highest BCUT2D eigenvalue weighted by Crippen LogP contribution is 2.67. The standard InChI is InChI=1S/C23H30N4/c1-14-10-9-11-16-17(14)27-15(2)18-19(26-13-12-24-20(26)25(18)8)23(27,7)22(5,6)21(16,3)4/h9-13,15H,1-8H3. The van der Waals surface area contributed by atoms with E-state index in [1.807, 2.05) is 6.20 Å². The largest absolute Gasteiger partial charge is 0.351 e. The quantitative estimate of drug-likeness (QED) is 0.556. The maximum Gasteiger partial charge on any atom is 0.214 e. The van der Waals surface area contributed by atoms with Crippen LogP contribution in [0.15, 0.2) is 30.6 Å². The van der Waals surface area contributed by atoms with E-state index >= 15 is 0 Å². The summed E-state index contributed by atoms with van der Waals surface area (Å²) < 4.78 is 4.62. The van der Waals surface area contributed by atoms with Gasteiger partial charge in [0.1, 0.15) is 0 Å². The first-order valence-corrected chi connectivity index (χ1v) is 9.98. The number of benzene rings is 1. The molecule has 4 heterocycles. The van der Waals surface area contributed by atoms with Crippen LogP contribution in [0.1, 0.15) is 70.1 Å². The summed E-state index contributed by atoms with van der Waals surface area (Å²) in [6.07, 6.45) is 4.05. The van der Waals surface area contributed by atoms with Crippen LogP contribution in [0.5, 0.6) is 0 Å². The first kappa shape index (κ1) is 16.9. The molecule has 2 aliphatic rings. The first-order valence-electron chi connectivity index (χ1n) is 9.98. The van der Waals surface area contributed by atoms with Gasteiger partial charge in [-0.1, -0.05) is 45.9 Å². The van der Waals surface area contributed by atoms with Crippen LogP contribution in [-0.2, 0) is 18.0 Å². The Kier molecular flexibility index (Phi) is 2.88. The Morgan fingerprint density at radius 2 is 1.78 bits per heavy atom. The lowest BCUT2D eigenvalue weighted by molar-refractivity contribution is 0.0619. The Morgan fingerprint density at radius 3 is 2.48 bits per heavy atom. The second kappa shape index (κ2) is 4.60. The van der Waals surface area contributed by atoms with Crippen LogP contribution in [0.3, 0.4) is 0 Å². The molecule has 0 radical (unpaired) electrons. The highest BCUT2D eigenvalue weighted by Gasteiger charge is 2.65. The topological polar surface area (TPSA) is 25.5 Å². The molecule has 27 heavy (non-hydrogen) atoms. The van der Waals surface area contributed by atoms with E-state index < -0.39 is 0 Å². The number of nitrogens with zero attached hydrogens (tertiary/aromatic N) is 4. The summed E-state index contributed by atoms with van der Waals surface area (Å²) >= 11 is 0. The second-order valence-electron chi connectivity index (χ2n) is 9.73. The number of hydrogen-bond acceptors (Lipinski definition) is 2. The Hall–Kier alpha value is -2.23. The number of aryl methyl sites for hydroxylation is 2. The van der Waals surface area contributed by atoms with Crippen LogP contribution >= 0.6 is 0 Å². The van der Waals surface area contributed by atoms with Gasteiger partial charge in [0.05, 0.1) is 23.0 Å². The van der Waals surface area contributed by atoms with Crippen molar-refractivity contribution in [3.63, 3.8) is 0 Å². The highest BCUT2D eigenvalue weighted by atomic mass is 15.4. The summed E-state index contributed by atoms with van der Waals surface area (Å²) in [6, 6.07) is 7.12. The van der Waals surface area contributed by atoms with E-state index in [-0.39, 0.29) is 16.4 Å². The third kappa shape index (κ3) is 1.53. The van der Waals surface area contributed by atoms with Gasteiger partial charge >= 0.3 is 0 Å². The number of imidazole rings is 2. The molecule has 2 aromatic heterocycles. The lowest BCUT2D eigenvalue weighted by Gasteiger charge is -2.62. The molecule has 2 unspecified atom stereocenters. The minimum atomic E-state index is -0.134. The van der Waals surface area contributed by atoms with Crippen LogP contribution in [-0.4, -0.2) is 14.0 Å². The predicted octanol–water partition coefficient (Wildman–Crippen LogP) is 5.10. The fraction of sp³-hybridized carbons (Fsp3) is 0.522. The molecule has 3 aromatic rings. The molecule has 142 valence electrons. The van der Waals surface area contributed by atoms with Gasteiger partial charge in [-0.25, -0.2) is 4.98 Å². The molecule has 1 aromatic carbocycles. The molecule has 0 bridgehead atoms. The van der Waals surface area contributed by atoms with E-state index in [0.717, 1.165) is 5.78 Å². The summed E-state index contributed by atoms with van der Waals surface area (Å²) in [5.74, 6) is 1.04. The van der Waals surface area contributed by atoms with Crippen LogP contribution in [0.4, 0.5) is 5.69 Å². The molecule has 0 fully saturated rings. The maximum atomic E-state index is 4.64. The molecular formula is C23H30N4. The Bertz CT molecular complexity index is 1100. The highest BCUT2D eigenvalue weighted by molar-refractivity contribution is 5.72. The van der Waals surface area contributed by atoms with E-state index in [0.29, 0.717) is 6.04 Å². The lowest BCUT2D eigenvalue weighted by Crippen LogP contribution is -2.62. The number of hydrogen-bond donors (Lipinski definition) is 0. The first-order chi connectivity index (χ1) is 12.6. The Morgan fingerprint density at radius 1 is 1.07 bits per heavy atom. The van der Waals surface area contributed by atoms with Gasteiger partial charge in [0, 0.05) is 30.5 Å². The Labute approximate surface area is 161 Å². The third-order valence-electron chi connectivity index (χ3n) is 8.42. The van der Waals surface area contributed by atoms with Gasteiger partial charge in [0.2, 0.25) is 5.78 Å². The fourth-order valence-corrected chi connectivity index (χ4v) is 6.14. The molecule has 0 spiro atoms. The molecule has 4 heteroatoms. The van der Waals surface area contributed by atoms with Crippen LogP contribution < -0.4 is 4.90 Å².